The van der Waals surface area contributed by atoms with E-state index in [-0.39, 0.29) is 210 Å². The van der Waals surface area contributed by atoms with E-state index in [9.17, 15) is 0 Å². The minimum absolute atomic E-state index is 0. The first-order valence-corrected chi connectivity index (χ1v) is 0. The van der Waals surface area contributed by atoms with Gasteiger partial charge in [-0.15, -0.1) is 0 Å². The van der Waals surface area contributed by atoms with Gasteiger partial charge in [0.1, 0.15) is 0 Å². The third-order valence-corrected chi connectivity index (χ3v) is 0. The van der Waals surface area contributed by atoms with Crippen molar-refractivity contribution in [3.63, 3.8) is 0 Å². The topological polar surface area (TPSA) is 0 Å². The Kier molecular flexibility index (Phi) is 12700. The first-order chi connectivity index (χ1) is 0. The summed E-state index contributed by atoms with van der Waals surface area (Å²) in [6.45, 7) is 0. The van der Waals surface area contributed by atoms with E-state index >= 15 is 0 Å². The Morgan fingerprint density at radius 2 is 0.111 bits per heavy atom. The van der Waals surface area contributed by atoms with Crippen molar-refractivity contribution in [1.29, 1.82) is 0 Å². The van der Waals surface area contributed by atoms with Crippen molar-refractivity contribution < 1.29 is 34.1 Å². The Labute approximate surface area is 207 Å². The third kappa shape index (κ3) is 384. The van der Waals surface area contributed by atoms with Gasteiger partial charge < -0.3 is 0 Å². The van der Waals surface area contributed by atoms with Gasteiger partial charge in [0.05, 0.1) is 0 Å². The van der Waals surface area contributed by atoms with Crippen molar-refractivity contribution in [3.8, 4) is 0 Å². The van der Waals surface area contributed by atoms with Crippen molar-refractivity contribution in [2.45, 2.75) is 0 Å². The van der Waals surface area contributed by atoms with Gasteiger partial charge in [-0.1, -0.05) is 0 Å². The summed E-state index contributed by atoms with van der Waals surface area (Å²) < 4.78 is 0. The van der Waals surface area contributed by atoms with E-state index in [1.807, 2.05) is 0 Å². The van der Waals surface area contributed by atoms with Crippen molar-refractivity contribution in [1.82, 2.24) is 0 Å². The molecule has 0 aromatic heterocycles. The fourth-order valence-corrected chi connectivity index (χ4v) is 0. The fourth-order valence-electron chi connectivity index (χ4n) is 0. The average molecular weight is 624 g/mol. The zero-order chi connectivity index (χ0) is 0. The van der Waals surface area contributed by atoms with E-state index < -0.39 is 0 Å². The predicted octanol–water partition coefficient (Wildman–Crippen LogP) is -23.2. The van der Waals surface area contributed by atoms with Gasteiger partial charge in [-0.05, 0) is 175 Å². The summed E-state index contributed by atoms with van der Waals surface area (Å²) in [5, 5.41) is 0. The smallest absolute Gasteiger partial charge is 0 e. The van der Waals surface area contributed by atoms with Gasteiger partial charge in [0.15, 0.2) is 0 Å². The molecule has 0 spiro atoms. The fraction of sp³-hybridized carbons (Fsp3) is 0. The molecule has 2 radical (unpaired) electrons. The molecular weight excluding hydrogens is 559 g/mol. The molecule has 0 saturated heterocycles. The maximum Gasteiger partial charge on any atom is 0 e. The van der Waals surface area contributed by atoms with Gasteiger partial charge >= 0.3 is 0 Å². The Morgan fingerprint density at radius 1 is 0.111 bits per heavy atom. The second-order valence-electron chi connectivity index (χ2n) is 0. The molecule has 142 valence electrons. The van der Waals surface area contributed by atoms with Gasteiger partial charge in [0.2, 0.25) is 0 Å². The Hall–Kier alpha value is 4.51. The van der Waals surface area contributed by atoms with E-state index in [0.717, 1.165) is 0 Å². The average Bonchev–Trinajstić information content (AvgIpc) is 0. The van der Waals surface area contributed by atoms with Crippen LogP contribution >= 0.6 is 0 Å². The Balaban J connectivity index is 0. The molecule has 18 heteroatoms. The van der Waals surface area contributed by atoms with Crippen molar-refractivity contribution in [2.75, 3.05) is 0 Å². The van der Waals surface area contributed by atoms with E-state index in [1.165, 1.54) is 0 Å². The van der Waals surface area contributed by atoms with E-state index in [0.29, 0.717) is 0 Å². The molecule has 0 nitrogen and oxygen atoms in total. The Bertz CT molecular complexity index is 9.06. The molecule has 0 aliphatic carbocycles. The molecule has 0 saturated carbocycles. The molecule has 0 unspecified atom stereocenters. The largest absolute Gasteiger partial charge is 0.0149 e. The summed E-state index contributed by atoms with van der Waals surface area (Å²) in [5.74, 6) is 0. The molecular formula is H64Mn2Si16. The van der Waals surface area contributed by atoms with Crippen LogP contribution in [0.25, 0.3) is 0 Å². The summed E-state index contributed by atoms with van der Waals surface area (Å²) in [6.07, 6.45) is 0. The zero-order valence-corrected chi connectivity index (χ0v) is 3.12. The summed E-state index contributed by atoms with van der Waals surface area (Å²) in [6, 6.07) is 0. The molecule has 0 aromatic carbocycles. The quantitative estimate of drug-likeness (QED) is 0.236. The molecule has 0 bridgehead atoms. The number of rotatable bonds is 0. The summed E-state index contributed by atoms with van der Waals surface area (Å²) >= 11 is 0. The van der Waals surface area contributed by atoms with Crippen LogP contribution in [0.15, 0.2) is 0 Å². The molecule has 0 aromatic rings. The van der Waals surface area contributed by atoms with Gasteiger partial charge in [-0.25, -0.2) is 0 Å². The van der Waals surface area contributed by atoms with E-state index in [1.54, 1.807) is 0 Å². The van der Waals surface area contributed by atoms with Crippen molar-refractivity contribution in [2.24, 2.45) is 0 Å². The first-order valence-electron chi connectivity index (χ1n) is 0. The van der Waals surface area contributed by atoms with Crippen LogP contribution in [-0.2, 0) is 34.1 Å². The third-order valence-electron chi connectivity index (χ3n) is 0. The van der Waals surface area contributed by atoms with Gasteiger partial charge in [0.25, 0.3) is 0 Å². The van der Waals surface area contributed by atoms with Crippen molar-refractivity contribution in [3.05, 3.63) is 0 Å². The monoisotopic (exact) mass is 622 g/mol. The first kappa shape index (κ1) is 512. The molecule has 0 aliphatic heterocycles. The Morgan fingerprint density at radius 3 is 0.111 bits per heavy atom. The van der Waals surface area contributed by atoms with Crippen LogP contribution in [0.5, 0.6) is 0 Å². The molecule has 0 aliphatic rings. The number of hydrogen-bond acceptors (Lipinski definition) is 0. The summed E-state index contributed by atoms with van der Waals surface area (Å²) in [5.41, 5.74) is 0. The van der Waals surface area contributed by atoms with Crippen LogP contribution in [0.2, 0.25) is 0 Å². The van der Waals surface area contributed by atoms with Crippen molar-refractivity contribution >= 4 is 175 Å². The van der Waals surface area contributed by atoms with Crippen LogP contribution < -0.4 is 0 Å². The van der Waals surface area contributed by atoms with Crippen LogP contribution in [0.3, 0.4) is 0 Å². The summed E-state index contributed by atoms with van der Waals surface area (Å²) in [7, 11) is 0. The minimum atomic E-state index is 0. The van der Waals surface area contributed by atoms with Crippen LogP contribution in [0.4, 0.5) is 0 Å². The van der Waals surface area contributed by atoms with Crippen LogP contribution in [0.1, 0.15) is 0 Å². The molecule has 0 heterocycles. The van der Waals surface area contributed by atoms with E-state index in [4.69, 9.17) is 0 Å². The molecule has 0 N–H and O–H groups in total. The maximum absolute atomic E-state index is 0. The SMILES string of the molecule is [Mn].[Mn].[SiH4].[SiH4].[SiH4].[SiH4].[SiH4].[SiH4].[SiH4].[SiH4].[SiH4].[SiH4].[SiH4].[SiH4].[SiH4].[SiH4].[SiH4].[SiH4]. The minimum Gasteiger partial charge on any atom is -0.0149 e. The second-order valence-corrected chi connectivity index (χ2v) is 0. The molecule has 0 amide bonds. The van der Waals surface area contributed by atoms with Crippen LogP contribution in [0, 0.1) is 0 Å². The number of hydrogen-bond donors (Lipinski definition) is 0. The molecule has 18 heavy (non-hydrogen) atoms. The van der Waals surface area contributed by atoms with Gasteiger partial charge in [-0.3, -0.25) is 0 Å². The second kappa shape index (κ2) is 445. The van der Waals surface area contributed by atoms with E-state index in [2.05, 4.69) is 0 Å². The zero-order valence-electron chi connectivity index (χ0n) is 0.756. The predicted molar refractivity (Wildman–Crippen MR) is 181 cm³/mol. The molecule has 0 fully saturated rings. The normalized spacial score (nSPS) is 0. The van der Waals surface area contributed by atoms with Gasteiger partial charge in [-0.2, -0.15) is 0 Å². The maximum atomic E-state index is 0. The molecule has 0 atom stereocenters. The summed E-state index contributed by atoms with van der Waals surface area (Å²) in [4.78, 5) is 0. The van der Waals surface area contributed by atoms with Gasteiger partial charge in [0, 0.05) is 34.1 Å². The molecule has 0 rings (SSSR count). The van der Waals surface area contributed by atoms with Crippen LogP contribution in [-0.4, -0.2) is 175 Å². The standard InChI is InChI=1S/2Mn.16H4Si/h;;16*1H4.